The molecule has 176 valence electrons. The van der Waals surface area contributed by atoms with Crippen LogP contribution in [0.5, 0.6) is 0 Å². The second kappa shape index (κ2) is 6.91. The molecule has 29 heavy (non-hydrogen) atoms. The third-order valence-corrected chi connectivity index (χ3v) is 4.13. The highest BCUT2D eigenvalue weighted by Crippen LogP contribution is 2.60. The molecule has 0 aliphatic heterocycles. The van der Waals surface area contributed by atoms with Gasteiger partial charge < -0.3 is 0 Å². The predicted molar refractivity (Wildman–Crippen MR) is 56.3 cm³/mol. The minimum atomic E-state index is -8.29. The molecule has 1 unspecified atom stereocenters. The maximum atomic E-state index is 13.4. The summed E-state index contributed by atoms with van der Waals surface area (Å²) in [5.74, 6) is -39.8. The summed E-state index contributed by atoms with van der Waals surface area (Å²) < 4.78 is 225. The van der Waals surface area contributed by atoms with Crippen LogP contribution >= 0.6 is 0 Å². The summed E-state index contributed by atoms with van der Waals surface area (Å²) >= 11 is 0. The van der Waals surface area contributed by atoms with Crippen LogP contribution < -0.4 is 0 Å². The van der Waals surface area contributed by atoms with Crippen molar-refractivity contribution in [1.29, 1.82) is 0 Å². The molecule has 0 heterocycles. The summed E-state index contributed by atoms with van der Waals surface area (Å²) in [5.41, 5.74) is -6.62. The first-order chi connectivity index (χ1) is 12.1. The van der Waals surface area contributed by atoms with E-state index in [4.69, 9.17) is 0 Å². The normalized spacial score (nSPS) is 17.4. The quantitative estimate of drug-likeness (QED) is 0.284. The molecule has 0 bridgehead atoms. The van der Waals surface area contributed by atoms with Crippen LogP contribution in [0.3, 0.4) is 0 Å². The number of hydrogen-bond donors (Lipinski definition) is 0. The summed E-state index contributed by atoms with van der Waals surface area (Å²) in [5, 5.41) is 0. The molecule has 0 N–H and O–H groups in total. The maximum Gasteiger partial charge on any atom is 0.523 e. The van der Waals surface area contributed by atoms with E-state index in [0.717, 1.165) is 0 Å². The Morgan fingerprint density at radius 1 is 0.586 bits per heavy atom. The lowest BCUT2D eigenvalue weighted by Crippen LogP contribution is -2.71. The van der Waals surface area contributed by atoms with Crippen LogP contribution in [0.4, 0.5) is 70.2 Å². The Bertz CT molecular complexity index is 702. The van der Waals surface area contributed by atoms with E-state index in [-0.39, 0.29) is 0 Å². The monoisotopic (exact) mass is 496 g/mol. The molecule has 0 rings (SSSR count). The zero-order valence-corrected chi connectivity index (χ0v) is 13.6. The smallest absolute Gasteiger partial charge is 0.253 e. The molecule has 1 atom stereocenters. The zero-order chi connectivity index (χ0) is 24.3. The van der Waals surface area contributed by atoms with Crippen molar-refractivity contribution in [2.24, 2.45) is 0 Å². The highest BCUT2D eigenvalue weighted by molar-refractivity contribution is 7.87. The SMILES string of the molecule is CC(OS(=O)(=O)C(F)(F)F)C(F)(F)C(F)(F)C(F)(F)C(F)(F)C(F)(F)C(F)(F)F. The molecule has 0 aliphatic rings. The molecule has 3 nitrogen and oxygen atoms in total. The Morgan fingerprint density at radius 3 is 1.17 bits per heavy atom. The third-order valence-electron chi connectivity index (χ3n) is 3.02. The molecule has 0 aromatic carbocycles. The van der Waals surface area contributed by atoms with Crippen LogP contribution in [0.15, 0.2) is 0 Å². The van der Waals surface area contributed by atoms with Gasteiger partial charge in [0.15, 0.2) is 0 Å². The van der Waals surface area contributed by atoms with Crippen LogP contribution in [0.1, 0.15) is 6.92 Å². The van der Waals surface area contributed by atoms with Crippen molar-refractivity contribution in [3.05, 3.63) is 0 Å². The lowest BCUT2D eigenvalue weighted by molar-refractivity contribution is -0.443. The van der Waals surface area contributed by atoms with Gasteiger partial charge in [-0.15, -0.1) is 0 Å². The second-order valence-corrected chi connectivity index (χ2v) is 6.62. The third kappa shape index (κ3) is 4.05. The molecule has 0 radical (unpaired) electrons. The van der Waals surface area contributed by atoms with E-state index in [1.807, 2.05) is 0 Å². The molecule has 0 aromatic heterocycles. The van der Waals surface area contributed by atoms with Crippen LogP contribution in [-0.4, -0.2) is 55.8 Å². The van der Waals surface area contributed by atoms with Gasteiger partial charge in [-0.1, -0.05) is 0 Å². The van der Waals surface area contributed by atoms with Crippen molar-refractivity contribution in [1.82, 2.24) is 0 Å². The molecule has 0 spiro atoms. The molecule has 0 saturated carbocycles. The minimum absolute atomic E-state index is 0.812. The van der Waals surface area contributed by atoms with Gasteiger partial charge in [0.2, 0.25) is 0 Å². The van der Waals surface area contributed by atoms with Gasteiger partial charge in [0.05, 0.1) is 0 Å². The average molecular weight is 496 g/mol. The fraction of sp³-hybridized carbons (Fsp3) is 1.00. The van der Waals surface area contributed by atoms with Crippen LogP contribution in [0.25, 0.3) is 0 Å². The summed E-state index contributed by atoms with van der Waals surface area (Å²) in [4.78, 5) is 0. The minimum Gasteiger partial charge on any atom is -0.253 e. The average Bonchev–Trinajstić information content (AvgIpc) is 2.43. The number of rotatable bonds is 7. The number of alkyl halides is 16. The molecule has 0 saturated heterocycles. The maximum absolute atomic E-state index is 13.4. The van der Waals surface area contributed by atoms with Gasteiger partial charge in [0.25, 0.3) is 0 Å². The van der Waals surface area contributed by atoms with E-state index < -0.39 is 64.4 Å². The fourth-order valence-corrected chi connectivity index (χ4v) is 1.95. The molecule has 0 fully saturated rings. The van der Waals surface area contributed by atoms with E-state index in [2.05, 4.69) is 4.18 Å². The summed E-state index contributed by atoms with van der Waals surface area (Å²) in [6.07, 6.45) is -12.3. The standard InChI is InChI=1S/C9H4F16O3S/c1-2(28-29(26,27)9(23,24)25)3(10,11)4(12,13)5(14,15)6(16,17)7(18,19)8(20,21)22/h2H,1H3. The van der Waals surface area contributed by atoms with E-state index in [1.165, 1.54) is 0 Å². The Balaban J connectivity index is 6.38. The Hall–Kier alpha value is -1.21. The predicted octanol–water partition coefficient (Wildman–Crippen LogP) is 4.98. The van der Waals surface area contributed by atoms with E-state index in [9.17, 15) is 78.7 Å². The zero-order valence-electron chi connectivity index (χ0n) is 12.8. The van der Waals surface area contributed by atoms with E-state index in [1.54, 1.807) is 0 Å². The van der Waals surface area contributed by atoms with Gasteiger partial charge in [0, 0.05) is 0 Å². The van der Waals surface area contributed by atoms with Gasteiger partial charge in [-0.3, -0.25) is 4.18 Å². The van der Waals surface area contributed by atoms with Crippen molar-refractivity contribution < 1.29 is 82.8 Å². The Labute approximate surface area is 148 Å². The Morgan fingerprint density at radius 2 is 0.897 bits per heavy atom. The first kappa shape index (κ1) is 27.8. The van der Waals surface area contributed by atoms with Gasteiger partial charge in [-0.25, -0.2) is 0 Å². The summed E-state index contributed by atoms with van der Waals surface area (Å²) in [6.45, 7) is -0.812. The topological polar surface area (TPSA) is 43.4 Å². The summed E-state index contributed by atoms with van der Waals surface area (Å²) in [6, 6.07) is 0. The first-order valence-corrected chi connectivity index (χ1v) is 7.49. The van der Waals surface area contributed by atoms with Crippen LogP contribution in [0, 0.1) is 0 Å². The molecular formula is C9H4F16O3S. The largest absolute Gasteiger partial charge is 0.523 e. The number of halogens is 16. The second-order valence-electron chi connectivity index (χ2n) is 5.06. The van der Waals surface area contributed by atoms with Crippen molar-refractivity contribution in [3.63, 3.8) is 0 Å². The van der Waals surface area contributed by atoms with Crippen molar-refractivity contribution in [2.75, 3.05) is 0 Å². The molecule has 20 heteroatoms. The summed E-state index contributed by atoms with van der Waals surface area (Å²) in [7, 11) is -7.25. The fourth-order valence-electron chi connectivity index (χ4n) is 1.34. The van der Waals surface area contributed by atoms with Gasteiger partial charge in [-0.05, 0) is 6.92 Å². The molecular weight excluding hydrogens is 492 g/mol. The number of hydrogen-bond acceptors (Lipinski definition) is 3. The molecule has 0 amide bonds. The molecule has 0 aliphatic carbocycles. The van der Waals surface area contributed by atoms with Crippen molar-refractivity contribution in [2.45, 2.75) is 54.3 Å². The van der Waals surface area contributed by atoms with E-state index in [0.29, 0.717) is 0 Å². The van der Waals surface area contributed by atoms with Crippen LogP contribution in [0.2, 0.25) is 0 Å². The van der Waals surface area contributed by atoms with Gasteiger partial charge >= 0.3 is 51.4 Å². The lowest BCUT2D eigenvalue weighted by atomic mass is 9.92. The molecule has 0 aromatic rings. The van der Waals surface area contributed by atoms with Gasteiger partial charge in [-0.2, -0.15) is 78.7 Å². The first-order valence-electron chi connectivity index (χ1n) is 6.08. The van der Waals surface area contributed by atoms with Gasteiger partial charge in [0.1, 0.15) is 6.10 Å². The Kier molecular flexibility index (Phi) is 6.62. The van der Waals surface area contributed by atoms with Crippen LogP contribution in [-0.2, 0) is 14.3 Å². The van der Waals surface area contributed by atoms with E-state index >= 15 is 0 Å². The lowest BCUT2D eigenvalue weighted by Gasteiger charge is -2.40. The van der Waals surface area contributed by atoms with Crippen molar-refractivity contribution in [3.8, 4) is 0 Å². The van der Waals surface area contributed by atoms with Crippen molar-refractivity contribution >= 4 is 10.1 Å². The highest BCUT2D eigenvalue weighted by atomic mass is 32.2. The highest BCUT2D eigenvalue weighted by Gasteiger charge is 2.91.